The molecule has 144 valence electrons. The number of tetrazole rings is 1. The van der Waals surface area contributed by atoms with Gasteiger partial charge in [0.1, 0.15) is 6.61 Å². The predicted molar refractivity (Wildman–Crippen MR) is 106 cm³/mol. The van der Waals surface area contributed by atoms with Gasteiger partial charge in [-0.05, 0) is 66.3 Å². The third-order valence-electron chi connectivity index (χ3n) is 5.04. The van der Waals surface area contributed by atoms with Gasteiger partial charge in [0.15, 0.2) is 0 Å². The highest BCUT2D eigenvalue weighted by atomic mass is 16.5. The van der Waals surface area contributed by atoms with Crippen LogP contribution in [0.2, 0.25) is 0 Å². The molecule has 0 unspecified atom stereocenters. The van der Waals surface area contributed by atoms with Crippen LogP contribution >= 0.6 is 0 Å². The lowest BCUT2D eigenvalue weighted by atomic mass is 9.97. The Bertz CT molecular complexity index is 1080. The predicted octanol–water partition coefficient (Wildman–Crippen LogP) is 3.21. The number of rotatable bonds is 5. The molecule has 0 bridgehead atoms. The number of ether oxygens (including phenoxy) is 1. The van der Waals surface area contributed by atoms with Crippen molar-refractivity contribution in [1.29, 1.82) is 0 Å². The van der Waals surface area contributed by atoms with Gasteiger partial charge in [0.25, 0.3) is 0 Å². The molecule has 0 radical (unpaired) electrons. The van der Waals surface area contributed by atoms with E-state index in [0.29, 0.717) is 18.2 Å². The van der Waals surface area contributed by atoms with Crippen molar-refractivity contribution in [2.45, 2.75) is 39.2 Å². The molecule has 0 N–H and O–H groups in total. The molecular formula is C21H23N5O2. The summed E-state index contributed by atoms with van der Waals surface area (Å²) >= 11 is 0. The van der Waals surface area contributed by atoms with Gasteiger partial charge in [0.2, 0.25) is 5.88 Å². The van der Waals surface area contributed by atoms with Gasteiger partial charge in [-0.2, -0.15) is 9.36 Å². The Labute approximate surface area is 163 Å². The monoisotopic (exact) mass is 377 g/mol. The van der Waals surface area contributed by atoms with E-state index in [2.05, 4.69) is 21.5 Å². The number of benzene rings is 1. The number of hydrogen-bond acceptors (Lipinski definition) is 5. The fourth-order valence-corrected chi connectivity index (χ4v) is 3.43. The zero-order chi connectivity index (χ0) is 19.5. The number of nitrogens with zero attached hydrogens (tertiary/aromatic N) is 5. The van der Waals surface area contributed by atoms with Crippen molar-refractivity contribution in [1.82, 2.24) is 24.8 Å². The number of hydrogen-bond donors (Lipinski definition) is 0. The van der Waals surface area contributed by atoms with Gasteiger partial charge in [-0.3, -0.25) is 0 Å². The maximum atomic E-state index is 12.3. The van der Waals surface area contributed by atoms with Crippen LogP contribution in [0.3, 0.4) is 0 Å². The minimum Gasteiger partial charge on any atom is -0.473 e. The lowest BCUT2D eigenvalue weighted by Gasteiger charge is -2.15. The summed E-state index contributed by atoms with van der Waals surface area (Å²) in [5.41, 5.74) is 4.54. The first kappa shape index (κ1) is 18.2. The molecule has 7 heteroatoms. The second-order valence-corrected chi connectivity index (χ2v) is 6.99. The summed E-state index contributed by atoms with van der Waals surface area (Å²) in [6.45, 7) is 2.28. The molecule has 3 aromatic rings. The Kier molecular flexibility index (Phi) is 5.06. The normalized spacial score (nSPS) is 14.0. The first-order chi connectivity index (χ1) is 13.6. The fourth-order valence-electron chi connectivity index (χ4n) is 3.43. The van der Waals surface area contributed by atoms with Crippen LogP contribution in [-0.2, 0) is 13.7 Å². The summed E-state index contributed by atoms with van der Waals surface area (Å²) in [5.74, 6) is 0.574. The summed E-state index contributed by atoms with van der Waals surface area (Å²) in [6.07, 6.45) is 6.90. The number of allylic oxidation sites excluding steroid dienone is 2. The van der Waals surface area contributed by atoms with E-state index in [1.807, 2.05) is 43.3 Å². The van der Waals surface area contributed by atoms with Crippen LogP contribution < -0.4 is 10.4 Å². The first-order valence-electron chi connectivity index (χ1n) is 9.50. The summed E-state index contributed by atoms with van der Waals surface area (Å²) < 4.78 is 8.50. The zero-order valence-corrected chi connectivity index (χ0v) is 16.1. The highest BCUT2D eigenvalue weighted by Crippen LogP contribution is 2.27. The SMILES string of the molecule is Cc1cccc(-n2nnn(C)c2=O)c1COc1cccc(C2=CCCCC2)n1. The average Bonchev–Trinajstić information content (AvgIpc) is 3.06. The quantitative estimate of drug-likeness (QED) is 0.682. The lowest BCUT2D eigenvalue weighted by molar-refractivity contribution is 0.292. The van der Waals surface area contributed by atoms with Crippen molar-refractivity contribution in [3.05, 3.63) is 69.8 Å². The molecule has 0 saturated heterocycles. The van der Waals surface area contributed by atoms with Gasteiger partial charge in [-0.15, -0.1) is 0 Å². The Morgan fingerprint density at radius 1 is 1.11 bits per heavy atom. The topological polar surface area (TPSA) is 74.8 Å². The molecule has 1 aliphatic carbocycles. The van der Waals surface area contributed by atoms with E-state index in [9.17, 15) is 4.79 Å². The summed E-state index contributed by atoms with van der Waals surface area (Å²) in [7, 11) is 1.58. The Hall–Kier alpha value is -3.22. The van der Waals surface area contributed by atoms with Crippen LogP contribution in [0.25, 0.3) is 11.3 Å². The molecule has 0 fully saturated rings. The van der Waals surface area contributed by atoms with Gasteiger partial charge in [0, 0.05) is 18.7 Å². The van der Waals surface area contributed by atoms with E-state index in [1.54, 1.807) is 7.05 Å². The number of aryl methyl sites for hydroxylation is 2. The molecular weight excluding hydrogens is 354 g/mol. The van der Waals surface area contributed by atoms with E-state index >= 15 is 0 Å². The van der Waals surface area contributed by atoms with Crippen LogP contribution in [-0.4, -0.2) is 24.8 Å². The molecule has 0 spiro atoms. The van der Waals surface area contributed by atoms with Crippen LogP contribution in [0.4, 0.5) is 0 Å². The maximum absolute atomic E-state index is 12.3. The fraction of sp³-hybridized carbons (Fsp3) is 0.333. The van der Waals surface area contributed by atoms with Gasteiger partial charge in [0.05, 0.1) is 11.4 Å². The lowest BCUT2D eigenvalue weighted by Crippen LogP contribution is -2.23. The van der Waals surface area contributed by atoms with Gasteiger partial charge >= 0.3 is 5.69 Å². The summed E-state index contributed by atoms with van der Waals surface area (Å²) in [4.78, 5) is 16.9. The van der Waals surface area contributed by atoms with Crippen LogP contribution in [0.1, 0.15) is 42.5 Å². The Morgan fingerprint density at radius 3 is 2.71 bits per heavy atom. The molecule has 4 rings (SSSR count). The largest absolute Gasteiger partial charge is 0.473 e. The van der Waals surface area contributed by atoms with Crippen LogP contribution in [0.15, 0.2) is 47.3 Å². The second-order valence-electron chi connectivity index (χ2n) is 6.99. The van der Waals surface area contributed by atoms with Gasteiger partial charge in [-0.25, -0.2) is 9.78 Å². The molecule has 0 saturated carbocycles. The third kappa shape index (κ3) is 3.60. The summed E-state index contributed by atoms with van der Waals surface area (Å²) in [5, 5.41) is 7.76. The first-order valence-corrected chi connectivity index (χ1v) is 9.50. The molecule has 0 atom stereocenters. The van der Waals surface area contributed by atoms with E-state index in [0.717, 1.165) is 29.7 Å². The van der Waals surface area contributed by atoms with E-state index in [-0.39, 0.29) is 5.69 Å². The minimum atomic E-state index is -0.295. The number of aromatic nitrogens is 5. The Morgan fingerprint density at radius 2 is 1.96 bits per heavy atom. The molecule has 0 amide bonds. The van der Waals surface area contributed by atoms with Crippen molar-refractivity contribution < 1.29 is 4.74 Å². The standard InChI is InChI=1S/C21H23N5O2/c1-15-8-6-12-19(26-21(27)25(2)23-24-26)17(15)14-28-20-13-7-11-18(22-20)16-9-4-3-5-10-16/h6-9,11-13H,3-5,10,14H2,1-2H3. The van der Waals surface area contributed by atoms with Gasteiger partial charge in [-0.1, -0.05) is 24.3 Å². The Balaban J connectivity index is 1.60. The molecule has 1 aromatic carbocycles. The zero-order valence-electron chi connectivity index (χ0n) is 16.1. The van der Waals surface area contributed by atoms with Gasteiger partial charge < -0.3 is 4.74 Å². The minimum absolute atomic E-state index is 0.292. The maximum Gasteiger partial charge on any atom is 0.368 e. The molecule has 2 heterocycles. The number of pyridine rings is 1. The van der Waals surface area contributed by atoms with Crippen molar-refractivity contribution in [2.75, 3.05) is 0 Å². The highest BCUT2D eigenvalue weighted by molar-refractivity contribution is 5.63. The smallest absolute Gasteiger partial charge is 0.368 e. The van der Waals surface area contributed by atoms with E-state index < -0.39 is 0 Å². The van der Waals surface area contributed by atoms with Crippen LogP contribution in [0.5, 0.6) is 5.88 Å². The third-order valence-corrected chi connectivity index (χ3v) is 5.04. The van der Waals surface area contributed by atoms with E-state index in [1.165, 1.54) is 27.8 Å². The van der Waals surface area contributed by atoms with E-state index in [4.69, 9.17) is 4.74 Å². The molecule has 28 heavy (non-hydrogen) atoms. The van der Waals surface area contributed by atoms with Crippen LogP contribution in [0, 0.1) is 6.92 Å². The second kappa shape index (κ2) is 7.80. The average molecular weight is 377 g/mol. The molecule has 2 aromatic heterocycles. The molecule has 0 aliphatic heterocycles. The molecule has 1 aliphatic rings. The van der Waals surface area contributed by atoms with Crippen molar-refractivity contribution in [2.24, 2.45) is 7.05 Å². The van der Waals surface area contributed by atoms with Crippen molar-refractivity contribution in [3.8, 4) is 11.6 Å². The highest BCUT2D eigenvalue weighted by Gasteiger charge is 2.14. The summed E-state index contributed by atoms with van der Waals surface area (Å²) in [6, 6.07) is 11.6. The van der Waals surface area contributed by atoms with Crippen molar-refractivity contribution in [3.63, 3.8) is 0 Å². The van der Waals surface area contributed by atoms with Crippen molar-refractivity contribution >= 4 is 5.57 Å². The molecule has 7 nitrogen and oxygen atoms in total.